The van der Waals surface area contributed by atoms with Gasteiger partial charge in [-0.15, -0.1) is 0 Å². The van der Waals surface area contributed by atoms with E-state index < -0.39 is 23.6 Å². The number of ether oxygens (including phenoxy) is 2. The predicted octanol–water partition coefficient (Wildman–Crippen LogP) is 2.10. The van der Waals surface area contributed by atoms with Gasteiger partial charge < -0.3 is 40.3 Å². The van der Waals surface area contributed by atoms with Crippen molar-refractivity contribution in [1.29, 1.82) is 0 Å². The zero-order valence-electron chi connectivity index (χ0n) is 21.2. The second-order valence-electron chi connectivity index (χ2n) is 9.56. The fourth-order valence-electron chi connectivity index (χ4n) is 4.82. The van der Waals surface area contributed by atoms with Crippen molar-refractivity contribution in [3.8, 4) is 5.75 Å². The summed E-state index contributed by atoms with van der Waals surface area (Å²) in [6.45, 7) is 3.84. The molecule has 2 heterocycles. The first kappa shape index (κ1) is 27.0. The molecule has 2 aromatic rings. The Kier molecular flexibility index (Phi) is 8.43. The van der Waals surface area contributed by atoms with Crippen LogP contribution in [-0.2, 0) is 15.1 Å². The molecular formula is C26H34ClN5O5. The van der Waals surface area contributed by atoms with Crippen molar-refractivity contribution in [2.45, 2.75) is 18.1 Å². The van der Waals surface area contributed by atoms with Crippen LogP contribution in [0.25, 0.3) is 0 Å². The third kappa shape index (κ3) is 5.93. The molecule has 0 radical (unpaired) electrons. The van der Waals surface area contributed by atoms with Gasteiger partial charge in [-0.2, -0.15) is 0 Å². The number of halogens is 1. The minimum Gasteiger partial charge on any atom is -0.490 e. The van der Waals surface area contributed by atoms with Gasteiger partial charge in [-0.1, -0.05) is 23.7 Å². The molecule has 0 unspecified atom stereocenters. The summed E-state index contributed by atoms with van der Waals surface area (Å²) in [5.41, 5.74) is 6.10. The van der Waals surface area contributed by atoms with Crippen molar-refractivity contribution in [2.75, 3.05) is 70.3 Å². The molecule has 0 saturated carbocycles. The number of nitrogens with two attached hydrogens (primary N) is 1. The van der Waals surface area contributed by atoms with Crippen molar-refractivity contribution in [2.24, 2.45) is 5.73 Å². The Morgan fingerprint density at radius 3 is 2.57 bits per heavy atom. The van der Waals surface area contributed by atoms with Crippen LogP contribution in [0, 0.1) is 0 Å². The van der Waals surface area contributed by atoms with E-state index in [9.17, 15) is 14.7 Å². The first-order valence-corrected chi connectivity index (χ1v) is 12.7. The number of rotatable bonds is 8. The summed E-state index contributed by atoms with van der Waals surface area (Å²) in [5, 5.41) is 14.0. The molecule has 0 bridgehead atoms. The van der Waals surface area contributed by atoms with Crippen LogP contribution < -0.4 is 20.7 Å². The molecule has 3 amide bonds. The van der Waals surface area contributed by atoms with Gasteiger partial charge in [-0.25, -0.2) is 4.79 Å². The Bertz CT molecular complexity index is 1110. The van der Waals surface area contributed by atoms with Crippen LogP contribution in [0.1, 0.15) is 12.0 Å². The minimum absolute atomic E-state index is 0.00785. The van der Waals surface area contributed by atoms with Crippen molar-refractivity contribution in [1.82, 2.24) is 9.80 Å². The molecule has 11 heteroatoms. The number of morpholine rings is 1. The van der Waals surface area contributed by atoms with Gasteiger partial charge in [0.2, 0.25) is 0 Å². The number of nitrogens with zero attached hydrogens (tertiary/aromatic N) is 3. The van der Waals surface area contributed by atoms with E-state index in [0.717, 1.165) is 18.8 Å². The average Bonchev–Trinajstić information content (AvgIpc) is 3.24. The second kappa shape index (κ2) is 11.6. The molecule has 2 saturated heterocycles. The molecule has 2 atom stereocenters. The molecule has 0 aromatic heterocycles. The fourth-order valence-corrected chi connectivity index (χ4v) is 4.95. The van der Waals surface area contributed by atoms with E-state index in [1.54, 1.807) is 30.3 Å². The minimum atomic E-state index is -1.51. The second-order valence-corrected chi connectivity index (χ2v) is 10.00. The quantitative estimate of drug-likeness (QED) is 0.477. The highest BCUT2D eigenvalue weighted by Crippen LogP contribution is 2.41. The first-order valence-electron chi connectivity index (χ1n) is 12.3. The lowest BCUT2D eigenvalue weighted by atomic mass is 9.85. The molecule has 4 N–H and O–H groups in total. The maximum Gasteiger partial charge on any atom is 0.316 e. The third-order valence-corrected chi connectivity index (χ3v) is 6.99. The van der Waals surface area contributed by atoms with Crippen molar-refractivity contribution < 1.29 is 24.2 Å². The van der Waals surface area contributed by atoms with E-state index in [4.69, 9.17) is 26.8 Å². The summed E-state index contributed by atoms with van der Waals surface area (Å²) in [4.78, 5) is 31.9. The Labute approximate surface area is 221 Å². The van der Waals surface area contributed by atoms with Crippen LogP contribution >= 0.6 is 11.6 Å². The smallest absolute Gasteiger partial charge is 0.316 e. The molecule has 0 spiro atoms. The van der Waals surface area contributed by atoms with Crippen LogP contribution in [0.2, 0.25) is 5.02 Å². The number of amides is 3. The van der Waals surface area contributed by atoms with Crippen LogP contribution in [0.3, 0.4) is 0 Å². The standard InChI is InChI=1S/C26H34ClN5O5/c1-30(2)9-14-37-23-15-20(31-10-12-36-13-11-31)7-8-22(23)29-24(34)26(18-3-5-19(27)6-4-18)16-21(33)17-32(26)25(28)35/h3-8,15,21,33H,9-14,16-17H2,1-2H3,(H2,28,35)(H,29,34)/t21-,26-/m1/s1. The monoisotopic (exact) mass is 531 g/mol. The molecule has 4 rings (SSSR count). The largest absolute Gasteiger partial charge is 0.490 e. The van der Waals surface area contributed by atoms with E-state index in [2.05, 4.69) is 10.2 Å². The summed E-state index contributed by atoms with van der Waals surface area (Å²) < 4.78 is 11.6. The Morgan fingerprint density at radius 1 is 1.22 bits per heavy atom. The molecule has 10 nitrogen and oxygen atoms in total. The van der Waals surface area contributed by atoms with Crippen molar-refractivity contribution in [3.63, 3.8) is 0 Å². The number of hydrogen-bond donors (Lipinski definition) is 3. The van der Waals surface area contributed by atoms with E-state index in [-0.39, 0.29) is 13.0 Å². The van der Waals surface area contributed by atoms with Crippen LogP contribution in [-0.4, -0.2) is 93.0 Å². The normalized spacial score (nSPS) is 21.8. The van der Waals surface area contributed by atoms with Gasteiger partial charge in [0.25, 0.3) is 5.91 Å². The molecule has 37 heavy (non-hydrogen) atoms. The van der Waals surface area contributed by atoms with Crippen molar-refractivity contribution >= 4 is 34.9 Å². The number of benzene rings is 2. The number of carbonyl (C=O) groups is 2. The fraction of sp³-hybridized carbons (Fsp3) is 0.462. The zero-order chi connectivity index (χ0) is 26.6. The lowest BCUT2D eigenvalue weighted by Gasteiger charge is -2.36. The van der Waals surface area contributed by atoms with Gasteiger partial charge in [-0.05, 0) is 43.9 Å². The number of urea groups is 1. The van der Waals surface area contributed by atoms with Gasteiger partial charge in [0, 0.05) is 49.4 Å². The third-order valence-electron chi connectivity index (χ3n) is 6.73. The van der Waals surface area contributed by atoms with Gasteiger partial charge in [0.05, 0.1) is 25.0 Å². The number of aliphatic hydroxyl groups excluding tert-OH is 1. The van der Waals surface area contributed by atoms with E-state index >= 15 is 0 Å². The maximum absolute atomic E-state index is 14.0. The van der Waals surface area contributed by atoms with Crippen molar-refractivity contribution in [3.05, 3.63) is 53.1 Å². The molecule has 2 fully saturated rings. The average molecular weight is 532 g/mol. The van der Waals surface area contributed by atoms with E-state index in [0.29, 0.717) is 48.4 Å². The SMILES string of the molecule is CN(C)CCOc1cc(N2CCOCC2)ccc1NC(=O)[C@]1(c2ccc(Cl)cc2)C[C@@H](O)CN1C(N)=O. The van der Waals surface area contributed by atoms with Crippen LogP contribution in [0.15, 0.2) is 42.5 Å². The Morgan fingerprint density at radius 2 is 1.92 bits per heavy atom. The number of β-amino-alcohol motifs (C(OH)–C–C–N with tert-alkyl or cyclic N) is 1. The lowest BCUT2D eigenvalue weighted by Crippen LogP contribution is -2.54. The Balaban J connectivity index is 1.69. The maximum atomic E-state index is 14.0. The highest BCUT2D eigenvalue weighted by atomic mass is 35.5. The number of nitrogens with one attached hydrogen (secondary N) is 1. The van der Waals surface area contributed by atoms with Gasteiger partial charge >= 0.3 is 6.03 Å². The summed E-state index contributed by atoms with van der Waals surface area (Å²) >= 11 is 6.08. The first-order chi connectivity index (χ1) is 17.7. The predicted molar refractivity (Wildman–Crippen MR) is 142 cm³/mol. The zero-order valence-corrected chi connectivity index (χ0v) is 21.9. The van der Waals surface area contributed by atoms with Crippen LogP contribution in [0.5, 0.6) is 5.75 Å². The van der Waals surface area contributed by atoms with E-state index in [1.165, 1.54) is 4.90 Å². The van der Waals surface area contributed by atoms with Crippen LogP contribution in [0.4, 0.5) is 16.2 Å². The van der Waals surface area contributed by atoms with Gasteiger partial charge in [0.15, 0.2) is 5.54 Å². The number of aliphatic hydroxyl groups is 1. The number of hydrogen-bond acceptors (Lipinski definition) is 7. The highest BCUT2D eigenvalue weighted by molar-refractivity contribution is 6.30. The number of anilines is 2. The molecular weight excluding hydrogens is 498 g/mol. The summed E-state index contributed by atoms with van der Waals surface area (Å²) in [6.07, 6.45) is -0.931. The molecule has 200 valence electrons. The molecule has 2 aliphatic heterocycles. The van der Waals surface area contributed by atoms with E-state index in [1.807, 2.05) is 31.1 Å². The summed E-state index contributed by atoms with van der Waals surface area (Å²) in [5.74, 6) is 0.0105. The Hall–Kier alpha value is -3.05. The lowest BCUT2D eigenvalue weighted by molar-refractivity contribution is -0.125. The summed E-state index contributed by atoms with van der Waals surface area (Å²) in [7, 11) is 3.91. The number of primary amides is 1. The topological polar surface area (TPSA) is 121 Å². The number of likely N-dealkylation sites (tertiary alicyclic amines) is 1. The number of carbonyl (C=O) groups excluding carboxylic acids is 2. The molecule has 2 aromatic carbocycles. The molecule has 2 aliphatic rings. The highest BCUT2D eigenvalue weighted by Gasteiger charge is 2.54. The summed E-state index contributed by atoms with van der Waals surface area (Å²) in [6, 6.07) is 11.4. The number of likely N-dealkylation sites (N-methyl/N-ethyl adjacent to an activating group) is 1. The van der Waals surface area contributed by atoms with Gasteiger partial charge in [0.1, 0.15) is 12.4 Å². The van der Waals surface area contributed by atoms with Gasteiger partial charge in [-0.3, -0.25) is 4.79 Å². The molecule has 0 aliphatic carbocycles.